The molecule has 0 aromatic heterocycles. The summed E-state index contributed by atoms with van der Waals surface area (Å²) in [5.74, 6) is -5.90. The summed E-state index contributed by atoms with van der Waals surface area (Å²) < 4.78 is 0. The molecular weight excluding hydrogens is 288 g/mol. The predicted octanol–water partition coefficient (Wildman–Crippen LogP) is -7.02. The summed E-state index contributed by atoms with van der Waals surface area (Å²) in [6.07, 6.45) is 0.140. The van der Waals surface area contributed by atoms with E-state index in [1.165, 1.54) is 0 Å². The van der Waals surface area contributed by atoms with Gasteiger partial charge in [-0.25, -0.2) is 0 Å². The van der Waals surface area contributed by atoms with Gasteiger partial charge in [0.05, 0.1) is 23.9 Å². The van der Waals surface area contributed by atoms with Gasteiger partial charge in [0.15, 0.2) is 0 Å². The van der Waals surface area contributed by atoms with Gasteiger partial charge in [-0.2, -0.15) is 0 Å². The van der Waals surface area contributed by atoms with Gasteiger partial charge in [0.25, 0.3) is 0 Å². The van der Waals surface area contributed by atoms with Crippen LogP contribution in [0.15, 0.2) is 0 Å². The zero-order valence-corrected chi connectivity index (χ0v) is 11.1. The Morgan fingerprint density at radius 1 is 0.571 bits per heavy atom. The Kier molecular flexibility index (Phi) is 8.65. The molecule has 0 saturated heterocycles. The Bertz CT molecular complexity index is 330. The monoisotopic (exact) mass is 302 g/mol. The SMILES string of the molecule is O=C([O-])CN(CCCN(CC(=O)[O-])CC(=O)[O-])CC(=O)[O-]. The van der Waals surface area contributed by atoms with Gasteiger partial charge in [-0.1, -0.05) is 0 Å². The molecule has 0 bridgehead atoms. The first kappa shape index (κ1) is 18.8. The minimum atomic E-state index is -1.47. The highest BCUT2D eigenvalue weighted by Crippen LogP contribution is 1.95. The molecule has 0 rings (SSSR count). The lowest BCUT2D eigenvalue weighted by atomic mass is 10.3. The molecule has 0 aromatic carbocycles. The van der Waals surface area contributed by atoms with Gasteiger partial charge in [0.1, 0.15) is 0 Å². The number of nitrogens with zero attached hydrogens (tertiary/aromatic N) is 2. The number of carbonyl (C=O) groups is 4. The first-order valence-corrected chi connectivity index (χ1v) is 5.94. The van der Waals surface area contributed by atoms with Crippen molar-refractivity contribution in [3.05, 3.63) is 0 Å². The van der Waals surface area contributed by atoms with Crippen molar-refractivity contribution < 1.29 is 39.6 Å². The molecule has 0 saturated carbocycles. The minimum absolute atomic E-state index is 0.0153. The maximum atomic E-state index is 10.4. The molecule has 0 aliphatic heterocycles. The average molecular weight is 302 g/mol. The molecule has 10 heteroatoms. The Balaban J connectivity index is 4.34. The van der Waals surface area contributed by atoms with Crippen LogP contribution in [-0.2, 0) is 19.2 Å². The van der Waals surface area contributed by atoms with Gasteiger partial charge < -0.3 is 39.6 Å². The third-order valence-electron chi connectivity index (χ3n) is 2.36. The van der Waals surface area contributed by atoms with Crippen LogP contribution >= 0.6 is 0 Å². The molecule has 0 radical (unpaired) electrons. The summed E-state index contributed by atoms with van der Waals surface area (Å²) >= 11 is 0. The van der Waals surface area contributed by atoms with E-state index in [9.17, 15) is 39.6 Å². The van der Waals surface area contributed by atoms with E-state index in [1.807, 2.05) is 0 Å². The smallest absolute Gasteiger partial charge is 0.0555 e. The third kappa shape index (κ3) is 11.3. The summed E-state index contributed by atoms with van der Waals surface area (Å²) in [6.45, 7) is -2.55. The van der Waals surface area contributed by atoms with Crippen molar-refractivity contribution in [3.63, 3.8) is 0 Å². The second kappa shape index (κ2) is 9.66. The zero-order chi connectivity index (χ0) is 16.4. The van der Waals surface area contributed by atoms with Crippen LogP contribution in [0.2, 0.25) is 0 Å². The fourth-order valence-corrected chi connectivity index (χ4v) is 1.68. The van der Waals surface area contributed by atoms with Gasteiger partial charge in [0, 0.05) is 39.3 Å². The Hall–Kier alpha value is -2.20. The van der Waals surface area contributed by atoms with Crippen molar-refractivity contribution in [3.8, 4) is 0 Å². The zero-order valence-electron chi connectivity index (χ0n) is 11.1. The Morgan fingerprint density at radius 2 is 0.810 bits per heavy atom. The molecule has 0 atom stereocenters. The maximum absolute atomic E-state index is 10.4. The quantitative estimate of drug-likeness (QED) is 0.337. The van der Waals surface area contributed by atoms with Crippen molar-refractivity contribution in [2.24, 2.45) is 0 Å². The minimum Gasteiger partial charge on any atom is -0.549 e. The summed E-state index contributed by atoms with van der Waals surface area (Å²) in [5.41, 5.74) is 0. The normalized spacial score (nSPS) is 10.8. The van der Waals surface area contributed by atoms with Crippen molar-refractivity contribution in [2.45, 2.75) is 6.42 Å². The van der Waals surface area contributed by atoms with Crippen LogP contribution in [0.3, 0.4) is 0 Å². The Morgan fingerprint density at radius 3 is 1.00 bits per heavy atom. The molecular formula is C11H14N2O8-4. The van der Waals surface area contributed by atoms with Crippen LogP contribution in [0.1, 0.15) is 6.42 Å². The highest BCUT2D eigenvalue weighted by atomic mass is 16.4. The van der Waals surface area contributed by atoms with Crippen molar-refractivity contribution >= 4 is 23.9 Å². The molecule has 0 unspecified atom stereocenters. The number of carboxylic acids is 4. The standard InChI is InChI=1S/C11H18N2O8/c14-8(15)4-12(5-9(16)17)2-1-3-13(6-10(18)19)7-11(20)21/h1-7H2,(H,14,15)(H,16,17)(H,18,19)(H,20,21)/p-4. The first-order chi connectivity index (χ1) is 9.70. The van der Waals surface area contributed by atoms with E-state index in [2.05, 4.69) is 0 Å². The number of aliphatic carboxylic acids is 4. The fraction of sp³-hybridized carbons (Fsp3) is 0.636. The van der Waals surface area contributed by atoms with Gasteiger partial charge >= 0.3 is 0 Å². The van der Waals surface area contributed by atoms with E-state index < -0.39 is 50.1 Å². The molecule has 0 aliphatic carbocycles. The van der Waals surface area contributed by atoms with Crippen molar-refractivity contribution in [1.82, 2.24) is 9.80 Å². The number of hydrogen-bond acceptors (Lipinski definition) is 10. The van der Waals surface area contributed by atoms with E-state index >= 15 is 0 Å². The molecule has 0 aromatic rings. The van der Waals surface area contributed by atoms with Crippen LogP contribution in [0.4, 0.5) is 0 Å². The van der Waals surface area contributed by atoms with Crippen molar-refractivity contribution in [2.75, 3.05) is 39.3 Å². The van der Waals surface area contributed by atoms with E-state index in [-0.39, 0.29) is 19.5 Å². The van der Waals surface area contributed by atoms with Gasteiger partial charge in [-0.3, -0.25) is 9.80 Å². The predicted molar refractivity (Wildman–Crippen MR) is 57.5 cm³/mol. The lowest BCUT2D eigenvalue weighted by molar-refractivity contribution is -0.312. The second-order valence-corrected chi connectivity index (χ2v) is 4.26. The third-order valence-corrected chi connectivity index (χ3v) is 2.36. The van der Waals surface area contributed by atoms with E-state index in [0.29, 0.717) is 0 Å². The molecule has 10 nitrogen and oxygen atoms in total. The summed E-state index contributed by atoms with van der Waals surface area (Å²) in [4.78, 5) is 43.8. The fourth-order valence-electron chi connectivity index (χ4n) is 1.68. The number of carbonyl (C=O) groups excluding carboxylic acids is 4. The molecule has 0 heterocycles. The largest absolute Gasteiger partial charge is 0.549 e. The highest BCUT2D eigenvalue weighted by molar-refractivity contribution is 5.70. The highest BCUT2D eigenvalue weighted by Gasteiger charge is 2.09. The maximum Gasteiger partial charge on any atom is 0.0555 e. The van der Waals surface area contributed by atoms with Crippen LogP contribution in [0.5, 0.6) is 0 Å². The van der Waals surface area contributed by atoms with Crippen LogP contribution < -0.4 is 20.4 Å². The van der Waals surface area contributed by atoms with Crippen LogP contribution in [-0.4, -0.2) is 72.9 Å². The first-order valence-electron chi connectivity index (χ1n) is 5.94. The summed E-state index contributed by atoms with van der Waals surface area (Å²) in [7, 11) is 0. The lowest BCUT2D eigenvalue weighted by Gasteiger charge is -2.26. The van der Waals surface area contributed by atoms with Gasteiger partial charge in [-0.05, 0) is 6.42 Å². The molecule has 21 heavy (non-hydrogen) atoms. The Labute approximate surface area is 120 Å². The van der Waals surface area contributed by atoms with Gasteiger partial charge in [0.2, 0.25) is 0 Å². The molecule has 0 N–H and O–H groups in total. The molecule has 0 amide bonds. The molecule has 120 valence electrons. The van der Waals surface area contributed by atoms with Crippen LogP contribution in [0, 0.1) is 0 Å². The van der Waals surface area contributed by atoms with Gasteiger partial charge in [-0.15, -0.1) is 0 Å². The molecule has 0 fully saturated rings. The molecule has 0 spiro atoms. The van der Waals surface area contributed by atoms with Crippen molar-refractivity contribution in [1.29, 1.82) is 0 Å². The number of rotatable bonds is 12. The summed E-state index contributed by atoms with van der Waals surface area (Å²) in [5, 5.41) is 41.7. The lowest BCUT2D eigenvalue weighted by Crippen LogP contribution is -2.47. The molecule has 0 aliphatic rings. The van der Waals surface area contributed by atoms with E-state index in [0.717, 1.165) is 9.80 Å². The average Bonchev–Trinajstić information content (AvgIpc) is 2.24. The topological polar surface area (TPSA) is 167 Å². The summed E-state index contributed by atoms with van der Waals surface area (Å²) in [6, 6.07) is 0. The second-order valence-electron chi connectivity index (χ2n) is 4.26. The number of hydrogen-bond donors (Lipinski definition) is 0. The van der Waals surface area contributed by atoms with Crippen LogP contribution in [0.25, 0.3) is 0 Å². The van der Waals surface area contributed by atoms with E-state index in [4.69, 9.17) is 0 Å². The number of carboxylic acid groups (broad SMARTS) is 4. The van der Waals surface area contributed by atoms with E-state index in [1.54, 1.807) is 0 Å².